The van der Waals surface area contributed by atoms with Crippen LogP contribution in [0.1, 0.15) is 0 Å². The van der Waals surface area contributed by atoms with Crippen LogP contribution in [0.3, 0.4) is 0 Å². The molecule has 316 valence electrons. The fraction of sp³-hybridized carbons (Fsp3) is 0.227. The smallest absolute Gasteiger partial charge is 0.246 e. The molecule has 0 unspecified atom stereocenters. The second kappa shape index (κ2) is 16.7. The minimum Gasteiger partial charge on any atom is -0.507 e. The molecule has 2 aromatic heterocycles. The van der Waals surface area contributed by atoms with Crippen molar-refractivity contribution in [3.8, 4) is 45.3 Å². The van der Waals surface area contributed by atoms with Crippen LogP contribution in [0.4, 0.5) is 11.6 Å². The first-order valence-electron chi connectivity index (χ1n) is 19.5. The zero-order chi connectivity index (χ0) is 43.4. The Morgan fingerprint density at radius 1 is 0.645 bits per heavy atom. The number of phenols is 2. The van der Waals surface area contributed by atoms with E-state index in [4.69, 9.17) is 55.9 Å². The van der Waals surface area contributed by atoms with E-state index in [0.29, 0.717) is 140 Å². The Morgan fingerprint density at radius 2 is 1.06 bits per heavy atom. The molecule has 62 heavy (non-hydrogen) atoms. The van der Waals surface area contributed by atoms with E-state index < -0.39 is 0 Å². The largest absolute Gasteiger partial charge is 0.507 e. The monoisotopic (exact) mass is 912 g/mol. The topological polar surface area (TPSA) is 158 Å². The van der Waals surface area contributed by atoms with Crippen LogP contribution in [0.5, 0.6) is 23.0 Å². The minimum absolute atomic E-state index is 0.0138. The SMILES string of the molecule is C=CC(=O)N1CCN2c3ncnc4cc(-c5c(O)cccc5Cl)c(Cl)c(c34)OC[C@@H]2C1.C=CC(=O)N1CCN2c3ncnc4cc(-c5c(O)cccc5Cl)c(Cl)c(c34)OC[C@@H]2C1. The number of halogens is 4. The first-order chi connectivity index (χ1) is 30.0. The molecule has 2 atom stereocenters. The van der Waals surface area contributed by atoms with E-state index in [1.165, 1.54) is 24.8 Å². The first kappa shape index (κ1) is 41.3. The number of benzene rings is 4. The number of anilines is 2. The van der Waals surface area contributed by atoms with E-state index in [1.54, 1.807) is 58.3 Å². The predicted molar refractivity (Wildman–Crippen MR) is 240 cm³/mol. The number of phenolic OH excluding ortho intramolecular Hbond substituents is 2. The van der Waals surface area contributed by atoms with Crippen LogP contribution < -0.4 is 19.3 Å². The lowest BCUT2D eigenvalue weighted by Crippen LogP contribution is -2.56. The van der Waals surface area contributed by atoms with Gasteiger partial charge in [-0.25, -0.2) is 19.9 Å². The lowest BCUT2D eigenvalue weighted by atomic mass is 10.0. The van der Waals surface area contributed by atoms with Gasteiger partial charge in [-0.1, -0.05) is 71.7 Å². The maximum absolute atomic E-state index is 12.1. The normalized spacial score (nSPS) is 17.7. The second-order valence-electron chi connectivity index (χ2n) is 14.9. The molecule has 2 N–H and O–H groups in total. The molecule has 18 heteroatoms. The molecule has 6 heterocycles. The summed E-state index contributed by atoms with van der Waals surface area (Å²) in [5, 5.41) is 23.7. The number of hydrogen-bond acceptors (Lipinski definition) is 12. The molecule has 4 aliphatic heterocycles. The van der Waals surface area contributed by atoms with Crippen LogP contribution in [0.25, 0.3) is 44.1 Å². The fourth-order valence-electron chi connectivity index (χ4n) is 8.50. The van der Waals surface area contributed by atoms with Gasteiger partial charge in [0.1, 0.15) is 49.0 Å². The molecule has 2 saturated heterocycles. The van der Waals surface area contributed by atoms with Crippen molar-refractivity contribution in [2.24, 2.45) is 0 Å². The van der Waals surface area contributed by atoms with Crippen molar-refractivity contribution < 1.29 is 29.3 Å². The third-order valence-electron chi connectivity index (χ3n) is 11.4. The van der Waals surface area contributed by atoms with Gasteiger partial charge in [0.2, 0.25) is 11.8 Å². The minimum atomic E-state index is -0.108. The Labute approximate surface area is 375 Å². The number of nitrogens with zero attached hydrogens (tertiary/aromatic N) is 8. The summed E-state index contributed by atoms with van der Waals surface area (Å²) in [6.45, 7) is 11.1. The third-order valence-corrected chi connectivity index (χ3v) is 12.8. The van der Waals surface area contributed by atoms with Crippen LogP contribution in [0, 0.1) is 0 Å². The highest BCUT2D eigenvalue weighted by Crippen LogP contribution is 2.50. The fourth-order valence-corrected chi connectivity index (χ4v) is 9.64. The molecule has 0 aliphatic carbocycles. The summed E-state index contributed by atoms with van der Waals surface area (Å²) in [7, 11) is 0. The summed E-state index contributed by atoms with van der Waals surface area (Å²) < 4.78 is 12.4. The van der Waals surface area contributed by atoms with E-state index >= 15 is 0 Å². The Kier molecular flexibility index (Phi) is 11.1. The van der Waals surface area contributed by atoms with Gasteiger partial charge in [0.25, 0.3) is 0 Å². The van der Waals surface area contributed by atoms with Gasteiger partial charge in [-0.3, -0.25) is 9.59 Å². The van der Waals surface area contributed by atoms with E-state index in [1.807, 2.05) is 0 Å². The van der Waals surface area contributed by atoms with Gasteiger partial charge in [-0.05, 0) is 48.6 Å². The molecule has 0 saturated carbocycles. The van der Waals surface area contributed by atoms with E-state index in [0.717, 1.165) is 0 Å². The highest BCUT2D eigenvalue weighted by Gasteiger charge is 2.37. The molecule has 6 aromatic rings. The highest BCUT2D eigenvalue weighted by molar-refractivity contribution is 6.40. The molecule has 0 radical (unpaired) electrons. The number of aromatic nitrogens is 4. The molecule has 14 nitrogen and oxygen atoms in total. The Bertz CT molecular complexity index is 2620. The van der Waals surface area contributed by atoms with E-state index in [-0.39, 0.29) is 35.4 Å². The van der Waals surface area contributed by atoms with Crippen LogP contribution >= 0.6 is 46.4 Å². The number of piperazine rings is 2. The maximum Gasteiger partial charge on any atom is 0.246 e. The molecule has 4 aliphatic rings. The summed E-state index contributed by atoms with van der Waals surface area (Å²) >= 11 is 26.3. The van der Waals surface area contributed by atoms with Crippen molar-refractivity contribution in [2.75, 3.05) is 62.3 Å². The van der Waals surface area contributed by atoms with Crippen molar-refractivity contribution in [1.29, 1.82) is 0 Å². The van der Waals surface area contributed by atoms with Gasteiger partial charge in [0.15, 0.2) is 11.5 Å². The van der Waals surface area contributed by atoms with Crippen molar-refractivity contribution in [2.45, 2.75) is 12.1 Å². The molecule has 2 fully saturated rings. The van der Waals surface area contributed by atoms with Crippen molar-refractivity contribution in [3.63, 3.8) is 0 Å². The quantitative estimate of drug-likeness (QED) is 0.166. The van der Waals surface area contributed by atoms with Crippen LogP contribution in [0.2, 0.25) is 20.1 Å². The Morgan fingerprint density at radius 3 is 1.45 bits per heavy atom. The summed E-state index contributed by atoms with van der Waals surface area (Å²) in [6.07, 6.45) is 5.64. The van der Waals surface area contributed by atoms with Gasteiger partial charge < -0.3 is 39.3 Å². The van der Waals surface area contributed by atoms with Gasteiger partial charge in [0, 0.05) is 61.5 Å². The molecule has 2 amide bonds. The van der Waals surface area contributed by atoms with Gasteiger partial charge in [-0.2, -0.15) is 0 Å². The van der Waals surface area contributed by atoms with Crippen LogP contribution in [-0.4, -0.2) is 116 Å². The number of rotatable bonds is 4. The Balaban J connectivity index is 0.000000158. The summed E-state index contributed by atoms with van der Waals surface area (Å²) in [6, 6.07) is 13.2. The third kappa shape index (κ3) is 7.10. The maximum atomic E-state index is 12.1. The number of carbonyl (C=O) groups excluding carboxylic acids is 2. The summed E-state index contributed by atoms with van der Waals surface area (Å²) in [5.74, 6) is 2.13. The number of fused-ring (bicyclic) bond motifs is 4. The van der Waals surface area contributed by atoms with Crippen molar-refractivity contribution >= 4 is 91.7 Å². The molecule has 0 bridgehead atoms. The molecule has 10 rings (SSSR count). The zero-order valence-corrected chi connectivity index (χ0v) is 35.8. The molecular weight excluding hydrogens is 878 g/mol. The number of ether oxygens (including phenoxy) is 2. The van der Waals surface area contributed by atoms with Crippen LogP contribution in [0.15, 0.2) is 86.5 Å². The summed E-state index contributed by atoms with van der Waals surface area (Å²) in [5.41, 5.74) is 3.15. The average molecular weight is 915 g/mol. The van der Waals surface area contributed by atoms with Gasteiger partial charge >= 0.3 is 0 Å². The van der Waals surface area contributed by atoms with E-state index in [2.05, 4.69) is 42.9 Å². The van der Waals surface area contributed by atoms with Crippen molar-refractivity contribution in [3.05, 3.63) is 107 Å². The second-order valence-corrected chi connectivity index (χ2v) is 16.4. The van der Waals surface area contributed by atoms with Gasteiger partial charge in [-0.15, -0.1) is 0 Å². The zero-order valence-electron chi connectivity index (χ0n) is 32.8. The van der Waals surface area contributed by atoms with Crippen molar-refractivity contribution in [1.82, 2.24) is 29.7 Å². The lowest BCUT2D eigenvalue weighted by molar-refractivity contribution is -0.127. The predicted octanol–water partition coefficient (Wildman–Crippen LogP) is 7.81. The molecular formula is C44H36Cl4N8O6. The molecule has 4 aromatic carbocycles. The number of carbonyl (C=O) groups is 2. The number of amides is 2. The van der Waals surface area contributed by atoms with Gasteiger partial charge in [0.05, 0.1) is 54.0 Å². The number of aromatic hydroxyl groups is 2. The lowest BCUT2D eigenvalue weighted by Gasteiger charge is -2.40. The summed E-state index contributed by atoms with van der Waals surface area (Å²) in [4.78, 5) is 49.9. The van der Waals surface area contributed by atoms with Crippen LogP contribution in [-0.2, 0) is 9.59 Å². The highest BCUT2D eigenvalue weighted by atomic mass is 35.5. The number of hydrogen-bond donors (Lipinski definition) is 2. The average Bonchev–Trinajstić information content (AvgIpc) is 3.55. The standard InChI is InChI=1S/2C22H18Cl2N4O3/c2*1-2-17(30)27-6-7-28-12(9-27)10-31-21-19-15(25-11-26-22(19)28)8-13(20(21)24)18-14(23)4-3-5-16(18)29/h2*2-5,8,11-12,29H,1,6-7,9-10H2/t2*12-/m00/s1. The first-order valence-corrected chi connectivity index (χ1v) is 21.0. The van der Waals surface area contributed by atoms with E-state index in [9.17, 15) is 19.8 Å². The molecule has 0 spiro atoms. The Hall–Kier alpha value is -6.06.